The van der Waals surface area contributed by atoms with E-state index in [1.165, 1.54) is 22.3 Å². The van der Waals surface area contributed by atoms with Gasteiger partial charge in [-0.2, -0.15) is 0 Å². The summed E-state index contributed by atoms with van der Waals surface area (Å²) < 4.78 is 16.5. The van der Waals surface area contributed by atoms with Gasteiger partial charge in [-0.3, -0.25) is 4.67 Å². The summed E-state index contributed by atoms with van der Waals surface area (Å²) in [5, 5.41) is 0. The molecule has 3 rings (SSSR count). The second-order valence-corrected chi connectivity index (χ2v) is 14.3. The molecular formula is C26H38NOP. The minimum Gasteiger partial charge on any atom is -0.305 e. The average Bonchev–Trinajstić information content (AvgIpc) is 2.99. The predicted octanol–water partition coefficient (Wildman–Crippen LogP) is 7.70. The molecule has 2 aromatic rings. The van der Waals surface area contributed by atoms with Crippen LogP contribution in [-0.2, 0) is 15.4 Å². The molecule has 2 aromatic carbocycles. The molecule has 3 heteroatoms. The predicted molar refractivity (Wildman–Crippen MR) is 126 cm³/mol. The topological polar surface area (TPSA) is 20.3 Å². The van der Waals surface area contributed by atoms with Crippen LogP contribution in [0.5, 0.6) is 0 Å². The maximum Gasteiger partial charge on any atom is 0.164 e. The number of nitrogens with zero attached hydrogens (tertiary/aromatic N) is 1. The molecule has 0 N–H and O–H groups in total. The summed E-state index contributed by atoms with van der Waals surface area (Å²) in [4.78, 5) is 0. The van der Waals surface area contributed by atoms with Gasteiger partial charge in [0, 0.05) is 0 Å². The Labute approximate surface area is 178 Å². The quantitative estimate of drug-likeness (QED) is 0.482. The van der Waals surface area contributed by atoms with Gasteiger partial charge in [-0.15, -0.1) is 0 Å². The first-order chi connectivity index (χ1) is 13.3. The van der Waals surface area contributed by atoms with Crippen LogP contribution in [0.25, 0.3) is 0 Å². The van der Waals surface area contributed by atoms with Crippen LogP contribution in [-0.4, -0.2) is 18.8 Å². The molecule has 158 valence electrons. The Kier molecular flexibility index (Phi) is 5.93. The number of hydrogen-bond acceptors (Lipinski definition) is 1. The van der Waals surface area contributed by atoms with Gasteiger partial charge in [0.1, 0.15) is 0 Å². The van der Waals surface area contributed by atoms with Gasteiger partial charge < -0.3 is 4.57 Å². The summed E-state index contributed by atoms with van der Waals surface area (Å²) in [5.74, 6) is 0. The van der Waals surface area contributed by atoms with Crippen molar-refractivity contribution in [1.29, 1.82) is 0 Å². The third-order valence-corrected chi connectivity index (χ3v) is 10.7. The minimum atomic E-state index is -2.58. The van der Waals surface area contributed by atoms with E-state index in [-0.39, 0.29) is 22.1 Å². The summed E-state index contributed by atoms with van der Waals surface area (Å²) >= 11 is 0. The molecule has 1 fully saturated rings. The molecule has 0 aliphatic carbocycles. The monoisotopic (exact) mass is 411 g/mol. The van der Waals surface area contributed by atoms with Gasteiger partial charge in [-0.05, 0) is 60.0 Å². The van der Waals surface area contributed by atoms with Crippen molar-refractivity contribution in [2.45, 2.75) is 76.5 Å². The molecular weight excluding hydrogens is 373 g/mol. The lowest BCUT2D eigenvalue weighted by atomic mass is 9.86. The highest BCUT2D eigenvalue weighted by Gasteiger charge is 2.49. The zero-order chi connectivity index (χ0) is 21.6. The van der Waals surface area contributed by atoms with E-state index in [2.05, 4.69) is 90.1 Å². The van der Waals surface area contributed by atoms with Gasteiger partial charge in [0.25, 0.3) is 0 Å². The SMILES string of the molecule is CN(C)P1(=O)[C@@H](c2ccc(C(C)(C)C)cc2)CC[C@H]1c1ccc(C(C)(C)C)cc1. The normalized spacial score (nSPS) is 25.6. The molecule has 0 radical (unpaired) electrons. The highest BCUT2D eigenvalue weighted by Crippen LogP contribution is 2.77. The van der Waals surface area contributed by atoms with E-state index < -0.39 is 7.29 Å². The van der Waals surface area contributed by atoms with Gasteiger partial charge in [-0.25, -0.2) is 0 Å². The lowest BCUT2D eigenvalue weighted by molar-refractivity contribution is 0.502. The molecule has 29 heavy (non-hydrogen) atoms. The fourth-order valence-electron chi connectivity index (χ4n) is 4.63. The molecule has 1 heterocycles. The van der Waals surface area contributed by atoms with E-state index in [9.17, 15) is 4.57 Å². The summed E-state index contributed by atoms with van der Waals surface area (Å²) in [6.45, 7) is 13.4. The molecule has 0 amide bonds. The Morgan fingerprint density at radius 3 is 1.24 bits per heavy atom. The van der Waals surface area contributed by atoms with Crippen LogP contribution in [0.2, 0.25) is 0 Å². The molecule has 1 aliphatic heterocycles. The summed E-state index contributed by atoms with van der Waals surface area (Å²) in [5.41, 5.74) is 5.60. The van der Waals surface area contributed by atoms with Gasteiger partial charge in [0.05, 0.1) is 11.3 Å². The van der Waals surface area contributed by atoms with E-state index in [4.69, 9.17) is 0 Å². The van der Waals surface area contributed by atoms with Crippen LogP contribution in [0.15, 0.2) is 48.5 Å². The maximum absolute atomic E-state index is 14.5. The number of benzene rings is 2. The molecule has 0 bridgehead atoms. The highest BCUT2D eigenvalue weighted by molar-refractivity contribution is 7.62. The van der Waals surface area contributed by atoms with E-state index in [0.717, 1.165) is 12.8 Å². The van der Waals surface area contributed by atoms with Crippen LogP contribution in [0.1, 0.15) is 88.0 Å². The molecule has 1 aliphatic rings. The first-order valence-corrected chi connectivity index (χ1v) is 12.6. The van der Waals surface area contributed by atoms with E-state index in [0.29, 0.717) is 0 Å². The smallest absolute Gasteiger partial charge is 0.164 e. The molecule has 1 unspecified atom stereocenters. The average molecular weight is 412 g/mol. The Balaban J connectivity index is 1.95. The minimum absolute atomic E-state index is 0.110. The van der Waals surface area contributed by atoms with E-state index >= 15 is 0 Å². The van der Waals surface area contributed by atoms with Crippen molar-refractivity contribution in [3.05, 3.63) is 70.8 Å². The van der Waals surface area contributed by atoms with Crippen molar-refractivity contribution < 1.29 is 4.57 Å². The van der Waals surface area contributed by atoms with Crippen molar-refractivity contribution in [3.63, 3.8) is 0 Å². The molecule has 3 atom stereocenters. The van der Waals surface area contributed by atoms with Crippen molar-refractivity contribution in [3.8, 4) is 0 Å². The third kappa shape index (κ3) is 4.25. The third-order valence-electron chi connectivity index (χ3n) is 6.55. The van der Waals surface area contributed by atoms with Crippen molar-refractivity contribution in [2.24, 2.45) is 0 Å². The lowest BCUT2D eigenvalue weighted by Crippen LogP contribution is -2.16. The van der Waals surface area contributed by atoms with Crippen molar-refractivity contribution in [2.75, 3.05) is 14.1 Å². The second-order valence-electron chi connectivity index (χ2n) is 10.9. The second kappa shape index (κ2) is 7.71. The van der Waals surface area contributed by atoms with Crippen molar-refractivity contribution >= 4 is 7.29 Å². The first-order valence-electron chi connectivity index (χ1n) is 10.8. The van der Waals surface area contributed by atoms with Crippen LogP contribution in [0.3, 0.4) is 0 Å². The van der Waals surface area contributed by atoms with Gasteiger partial charge in [0.15, 0.2) is 7.29 Å². The largest absolute Gasteiger partial charge is 0.305 e. The molecule has 2 nitrogen and oxygen atoms in total. The van der Waals surface area contributed by atoms with Crippen LogP contribution < -0.4 is 0 Å². The Morgan fingerprint density at radius 2 is 1.00 bits per heavy atom. The summed E-state index contributed by atoms with van der Waals surface area (Å²) in [6.07, 6.45) is 1.96. The first kappa shape index (κ1) is 22.3. The van der Waals surface area contributed by atoms with Crippen molar-refractivity contribution in [1.82, 2.24) is 4.67 Å². The van der Waals surface area contributed by atoms with Crippen LogP contribution in [0.4, 0.5) is 0 Å². The Hall–Kier alpha value is -1.37. The molecule has 1 saturated heterocycles. The summed E-state index contributed by atoms with van der Waals surface area (Å²) in [7, 11) is 1.41. The zero-order valence-electron chi connectivity index (χ0n) is 19.5. The number of hydrogen-bond donors (Lipinski definition) is 0. The van der Waals surface area contributed by atoms with Crippen LogP contribution >= 0.6 is 7.29 Å². The van der Waals surface area contributed by atoms with Crippen LogP contribution in [0, 0.1) is 0 Å². The Morgan fingerprint density at radius 1 is 0.690 bits per heavy atom. The fraction of sp³-hybridized carbons (Fsp3) is 0.538. The van der Waals surface area contributed by atoms with E-state index in [1.807, 2.05) is 18.8 Å². The fourth-order valence-corrected chi connectivity index (χ4v) is 8.42. The van der Waals surface area contributed by atoms with Gasteiger partial charge >= 0.3 is 0 Å². The lowest BCUT2D eigenvalue weighted by Gasteiger charge is -2.33. The Bertz CT molecular complexity index is 813. The summed E-state index contributed by atoms with van der Waals surface area (Å²) in [6, 6.07) is 17.8. The number of rotatable bonds is 3. The van der Waals surface area contributed by atoms with Gasteiger partial charge in [0.2, 0.25) is 0 Å². The zero-order valence-corrected chi connectivity index (χ0v) is 20.4. The highest BCUT2D eigenvalue weighted by atomic mass is 31.2. The molecule has 0 spiro atoms. The van der Waals surface area contributed by atoms with Gasteiger partial charge in [-0.1, -0.05) is 90.1 Å². The van der Waals surface area contributed by atoms with E-state index in [1.54, 1.807) is 0 Å². The molecule has 0 saturated carbocycles. The maximum atomic E-state index is 14.5. The molecule has 0 aromatic heterocycles. The standard InChI is InChI=1S/C26H38NOP/c1-25(2,3)21-13-9-19(10-14-21)23-17-18-24(29(23,28)27(7)8)20-11-15-22(16-12-20)26(4,5)6/h9-16,23-24H,17-18H2,1-8H3/t23-,24+,29?.